The largest absolute Gasteiger partial charge is 0.453 e. The van der Waals surface area contributed by atoms with Crippen LogP contribution in [0, 0.1) is 0 Å². The van der Waals surface area contributed by atoms with E-state index in [0.717, 1.165) is 12.8 Å². The van der Waals surface area contributed by atoms with E-state index in [2.05, 4.69) is 20.9 Å². The average Bonchev–Trinajstić information content (AvgIpc) is 2.93. The summed E-state index contributed by atoms with van der Waals surface area (Å²) >= 11 is 0. The van der Waals surface area contributed by atoms with Crippen molar-refractivity contribution in [2.75, 3.05) is 46.4 Å². The number of hydrogen-bond acceptors (Lipinski definition) is 5. The van der Waals surface area contributed by atoms with Crippen molar-refractivity contribution in [1.82, 2.24) is 25.8 Å². The molecule has 10 heteroatoms. The Morgan fingerprint density at radius 2 is 2.08 bits per heavy atom. The maximum absolute atomic E-state index is 11.5. The molecular weight excluding hydrogens is 328 g/mol. The van der Waals surface area contributed by atoms with E-state index in [1.807, 2.05) is 6.92 Å². The molecule has 0 radical (unpaired) electrons. The lowest BCUT2D eigenvalue weighted by Gasteiger charge is -2.32. The summed E-state index contributed by atoms with van der Waals surface area (Å²) in [6.45, 7) is 4.57. The van der Waals surface area contributed by atoms with Crippen LogP contribution in [0.5, 0.6) is 0 Å². The fourth-order valence-electron chi connectivity index (χ4n) is 2.79. The molecule has 140 valence electrons. The van der Waals surface area contributed by atoms with Gasteiger partial charge in [0.05, 0.1) is 26.7 Å². The van der Waals surface area contributed by atoms with E-state index < -0.39 is 0 Å². The third kappa shape index (κ3) is 5.23. The number of likely N-dealkylation sites (tertiary alicyclic amines) is 1. The number of amides is 4. The summed E-state index contributed by atoms with van der Waals surface area (Å²) in [7, 11) is 1.38. The number of urea groups is 1. The minimum atomic E-state index is -0.367. The standard InChI is InChI=1S/C15H26N6O4/c1-3-16-13(17-6-9-21-12(22)10-18-14(21)23)19-11-4-7-20(8-5-11)15(24)25-2/h11H,3-10H2,1-2H3,(H,18,23)(H2,16,17,19). The number of ether oxygens (including phenoxy) is 1. The van der Waals surface area contributed by atoms with E-state index in [4.69, 9.17) is 4.74 Å². The van der Waals surface area contributed by atoms with Crippen LogP contribution in [0.3, 0.4) is 0 Å². The second-order valence-electron chi connectivity index (χ2n) is 5.84. The number of piperidine rings is 1. The molecule has 0 bridgehead atoms. The van der Waals surface area contributed by atoms with E-state index in [1.54, 1.807) is 4.90 Å². The van der Waals surface area contributed by atoms with Crippen LogP contribution < -0.4 is 16.0 Å². The van der Waals surface area contributed by atoms with Crippen molar-refractivity contribution in [2.24, 2.45) is 4.99 Å². The summed E-state index contributed by atoms with van der Waals surface area (Å²) in [6, 6.07) is -0.163. The molecule has 2 aliphatic heterocycles. The van der Waals surface area contributed by atoms with Gasteiger partial charge >= 0.3 is 12.1 Å². The first kappa shape index (κ1) is 18.8. The number of imide groups is 1. The van der Waals surface area contributed by atoms with Crippen LogP contribution in [0.25, 0.3) is 0 Å². The van der Waals surface area contributed by atoms with Crippen molar-refractivity contribution in [1.29, 1.82) is 0 Å². The molecule has 2 aliphatic rings. The van der Waals surface area contributed by atoms with Gasteiger partial charge in [-0.05, 0) is 19.8 Å². The summed E-state index contributed by atoms with van der Waals surface area (Å²) in [5, 5.41) is 8.97. The molecule has 0 atom stereocenters. The number of rotatable bonds is 5. The summed E-state index contributed by atoms with van der Waals surface area (Å²) in [6.07, 6.45) is 1.30. The zero-order valence-electron chi connectivity index (χ0n) is 14.7. The third-order valence-corrected chi connectivity index (χ3v) is 4.14. The number of carbonyl (C=O) groups excluding carboxylic acids is 3. The Kier molecular flexibility index (Phi) is 6.84. The molecule has 0 aliphatic carbocycles. The molecule has 0 saturated carbocycles. The number of methoxy groups -OCH3 is 1. The highest BCUT2D eigenvalue weighted by Crippen LogP contribution is 2.11. The van der Waals surface area contributed by atoms with Gasteiger partial charge in [-0.2, -0.15) is 0 Å². The highest BCUT2D eigenvalue weighted by molar-refractivity contribution is 6.01. The number of nitrogens with one attached hydrogen (secondary N) is 3. The second kappa shape index (κ2) is 9.09. The number of carbonyl (C=O) groups is 3. The monoisotopic (exact) mass is 354 g/mol. The van der Waals surface area contributed by atoms with Gasteiger partial charge in [-0.15, -0.1) is 0 Å². The van der Waals surface area contributed by atoms with Gasteiger partial charge in [0, 0.05) is 25.7 Å². The molecular formula is C15H26N6O4. The molecule has 0 aromatic heterocycles. The lowest BCUT2D eigenvalue weighted by atomic mass is 10.1. The van der Waals surface area contributed by atoms with Gasteiger partial charge in [0.15, 0.2) is 5.96 Å². The smallest absolute Gasteiger partial charge is 0.409 e. The Hall–Kier alpha value is -2.52. The van der Waals surface area contributed by atoms with Crippen molar-refractivity contribution in [2.45, 2.75) is 25.8 Å². The first-order valence-corrected chi connectivity index (χ1v) is 8.51. The van der Waals surface area contributed by atoms with Crippen molar-refractivity contribution in [3.8, 4) is 0 Å². The zero-order valence-corrected chi connectivity index (χ0v) is 14.7. The number of aliphatic imine (C=N–C) groups is 1. The summed E-state index contributed by atoms with van der Waals surface area (Å²) in [4.78, 5) is 41.8. The Bertz CT molecular complexity index is 514. The SMILES string of the molecule is CCNC(=NCCN1C(=O)CNC1=O)NC1CCN(C(=O)OC)CC1. The van der Waals surface area contributed by atoms with E-state index in [0.29, 0.717) is 32.1 Å². The van der Waals surface area contributed by atoms with Gasteiger partial charge in [-0.25, -0.2) is 9.59 Å². The van der Waals surface area contributed by atoms with E-state index in [-0.39, 0.29) is 37.2 Å². The minimum absolute atomic E-state index is 0.0552. The fourth-order valence-corrected chi connectivity index (χ4v) is 2.79. The Morgan fingerprint density at radius 3 is 2.64 bits per heavy atom. The van der Waals surface area contributed by atoms with Crippen molar-refractivity contribution in [3.05, 3.63) is 0 Å². The highest BCUT2D eigenvalue weighted by atomic mass is 16.5. The molecule has 2 rings (SSSR count). The number of guanidine groups is 1. The molecule has 0 aromatic carbocycles. The molecule has 3 N–H and O–H groups in total. The van der Waals surface area contributed by atoms with Gasteiger partial charge in [0.2, 0.25) is 5.91 Å². The van der Waals surface area contributed by atoms with Crippen LogP contribution in [-0.4, -0.2) is 86.2 Å². The molecule has 0 unspecified atom stereocenters. The molecule has 2 heterocycles. The Labute approximate surface area is 146 Å². The lowest BCUT2D eigenvalue weighted by Crippen LogP contribution is -2.50. The fraction of sp³-hybridized carbons (Fsp3) is 0.733. The molecule has 10 nitrogen and oxygen atoms in total. The van der Waals surface area contributed by atoms with Crippen LogP contribution in [0.1, 0.15) is 19.8 Å². The van der Waals surface area contributed by atoms with Gasteiger partial charge in [0.1, 0.15) is 0 Å². The minimum Gasteiger partial charge on any atom is -0.453 e. The van der Waals surface area contributed by atoms with Crippen LogP contribution >= 0.6 is 0 Å². The van der Waals surface area contributed by atoms with Crippen LogP contribution in [0.2, 0.25) is 0 Å². The predicted octanol–water partition coefficient (Wildman–Crippen LogP) is -0.676. The molecule has 25 heavy (non-hydrogen) atoms. The van der Waals surface area contributed by atoms with E-state index in [9.17, 15) is 14.4 Å². The van der Waals surface area contributed by atoms with Gasteiger partial charge in [-0.3, -0.25) is 14.7 Å². The summed E-state index contributed by atoms with van der Waals surface area (Å²) < 4.78 is 4.73. The summed E-state index contributed by atoms with van der Waals surface area (Å²) in [5.74, 6) is 0.416. The van der Waals surface area contributed by atoms with E-state index in [1.165, 1.54) is 12.0 Å². The van der Waals surface area contributed by atoms with E-state index >= 15 is 0 Å². The zero-order chi connectivity index (χ0) is 18.2. The maximum atomic E-state index is 11.5. The predicted molar refractivity (Wildman–Crippen MR) is 91.2 cm³/mol. The number of nitrogens with zero attached hydrogens (tertiary/aromatic N) is 3. The van der Waals surface area contributed by atoms with Crippen LogP contribution in [-0.2, 0) is 9.53 Å². The van der Waals surface area contributed by atoms with Crippen LogP contribution in [0.15, 0.2) is 4.99 Å². The number of hydrogen-bond donors (Lipinski definition) is 3. The molecule has 0 spiro atoms. The molecule has 4 amide bonds. The summed E-state index contributed by atoms with van der Waals surface area (Å²) in [5.41, 5.74) is 0. The maximum Gasteiger partial charge on any atom is 0.409 e. The van der Waals surface area contributed by atoms with Crippen molar-refractivity contribution >= 4 is 24.0 Å². The van der Waals surface area contributed by atoms with Crippen molar-refractivity contribution in [3.63, 3.8) is 0 Å². The third-order valence-electron chi connectivity index (χ3n) is 4.14. The molecule has 0 aromatic rings. The first-order chi connectivity index (χ1) is 12.0. The van der Waals surface area contributed by atoms with Gasteiger partial charge < -0.3 is 25.6 Å². The highest BCUT2D eigenvalue weighted by Gasteiger charge is 2.28. The first-order valence-electron chi connectivity index (χ1n) is 8.51. The Balaban J connectivity index is 1.81. The molecule has 2 saturated heterocycles. The lowest BCUT2D eigenvalue weighted by molar-refractivity contribution is -0.124. The van der Waals surface area contributed by atoms with Gasteiger partial charge in [-0.1, -0.05) is 0 Å². The average molecular weight is 354 g/mol. The normalized spacial score (nSPS) is 19.0. The van der Waals surface area contributed by atoms with Gasteiger partial charge in [0.25, 0.3) is 0 Å². The van der Waals surface area contributed by atoms with Crippen molar-refractivity contribution < 1.29 is 19.1 Å². The van der Waals surface area contributed by atoms with Crippen LogP contribution in [0.4, 0.5) is 9.59 Å². The Morgan fingerprint density at radius 1 is 1.36 bits per heavy atom. The topological polar surface area (TPSA) is 115 Å². The molecule has 2 fully saturated rings. The quantitative estimate of drug-likeness (QED) is 0.342. The second-order valence-corrected chi connectivity index (χ2v) is 5.84.